The standard InChI is InChI=1S/C19H21N3O/c1-6-13-10-19(3,4)15-8-7-9-16(17(13)15)20-18(23)14-11-22(5)21-12(14)2/h1,7-9,11,13H,10H2,2-5H3,(H,20,23)/t13-/m1/s1. The molecule has 118 valence electrons. The van der Waals surface area contributed by atoms with Gasteiger partial charge in [-0.3, -0.25) is 9.48 Å². The summed E-state index contributed by atoms with van der Waals surface area (Å²) >= 11 is 0. The topological polar surface area (TPSA) is 46.9 Å². The molecule has 1 aliphatic carbocycles. The van der Waals surface area contributed by atoms with E-state index in [-0.39, 0.29) is 17.2 Å². The van der Waals surface area contributed by atoms with Crippen molar-refractivity contribution in [2.24, 2.45) is 7.05 Å². The number of carbonyl (C=O) groups excluding carboxylic acids is 1. The van der Waals surface area contributed by atoms with Gasteiger partial charge in [-0.2, -0.15) is 5.10 Å². The Morgan fingerprint density at radius 3 is 2.83 bits per heavy atom. The summed E-state index contributed by atoms with van der Waals surface area (Å²) < 4.78 is 1.65. The number of hydrogen-bond donors (Lipinski definition) is 1. The normalized spacial score (nSPS) is 18.3. The monoisotopic (exact) mass is 307 g/mol. The molecule has 0 unspecified atom stereocenters. The van der Waals surface area contributed by atoms with Crippen molar-refractivity contribution in [3.63, 3.8) is 0 Å². The third kappa shape index (κ3) is 2.53. The Hall–Kier alpha value is -2.54. The average Bonchev–Trinajstić information content (AvgIpc) is 2.96. The van der Waals surface area contributed by atoms with Crippen LogP contribution in [0.2, 0.25) is 0 Å². The van der Waals surface area contributed by atoms with Gasteiger partial charge in [0.2, 0.25) is 0 Å². The first kappa shape index (κ1) is 15.4. The van der Waals surface area contributed by atoms with Crippen LogP contribution in [0.25, 0.3) is 0 Å². The summed E-state index contributed by atoms with van der Waals surface area (Å²) in [6.07, 6.45) is 8.36. The average molecular weight is 307 g/mol. The van der Waals surface area contributed by atoms with Crippen LogP contribution in [0.3, 0.4) is 0 Å². The Morgan fingerprint density at radius 2 is 2.22 bits per heavy atom. The molecule has 0 radical (unpaired) electrons. The molecule has 1 aliphatic rings. The largest absolute Gasteiger partial charge is 0.322 e. The van der Waals surface area contributed by atoms with E-state index in [2.05, 4.69) is 36.2 Å². The minimum Gasteiger partial charge on any atom is -0.322 e. The fourth-order valence-corrected chi connectivity index (χ4v) is 3.52. The van der Waals surface area contributed by atoms with E-state index in [1.807, 2.05) is 19.1 Å². The van der Waals surface area contributed by atoms with Crippen LogP contribution in [0, 0.1) is 19.3 Å². The van der Waals surface area contributed by atoms with Gasteiger partial charge in [0.1, 0.15) is 0 Å². The zero-order valence-corrected chi connectivity index (χ0v) is 14.0. The van der Waals surface area contributed by atoms with Gasteiger partial charge in [0.05, 0.1) is 11.3 Å². The minimum absolute atomic E-state index is 0.0251. The number of fused-ring (bicyclic) bond motifs is 1. The maximum absolute atomic E-state index is 12.6. The van der Waals surface area contributed by atoms with Crippen LogP contribution in [0.4, 0.5) is 5.69 Å². The van der Waals surface area contributed by atoms with Crippen molar-refractivity contribution in [2.45, 2.75) is 38.5 Å². The van der Waals surface area contributed by atoms with Crippen molar-refractivity contribution in [2.75, 3.05) is 5.32 Å². The summed E-state index contributed by atoms with van der Waals surface area (Å²) in [5.41, 5.74) is 4.43. The molecule has 4 heteroatoms. The van der Waals surface area contributed by atoms with Crippen LogP contribution in [0.15, 0.2) is 24.4 Å². The SMILES string of the molecule is C#C[C@@H]1CC(C)(C)c2cccc(NC(=O)c3cn(C)nc3C)c21. The van der Waals surface area contributed by atoms with Gasteiger partial charge in [-0.05, 0) is 36.0 Å². The van der Waals surface area contributed by atoms with Crippen molar-refractivity contribution in [3.8, 4) is 12.3 Å². The van der Waals surface area contributed by atoms with E-state index in [1.54, 1.807) is 17.9 Å². The predicted octanol–water partition coefficient (Wildman–Crippen LogP) is 3.38. The highest BCUT2D eigenvalue weighted by Gasteiger charge is 2.37. The van der Waals surface area contributed by atoms with Gasteiger partial charge >= 0.3 is 0 Å². The van der Waals surface area contributed by atoms with Crippen molar-refractivity contribution in [1.82, 2.24) is 9.78 Å². The summed E-state index contributed by atoms with van der Waals surface area (Å²) in [7, 11) is 1.81. The number of carbonyl (C=O) groups is 1. The van der Waals surface area contributed by atoms with Crippen LogP contribution in [0.1, 0.15) is 53.4 Å². The molecule has 2 aromatic rings. The van der Waals surface area contributed by atoms with Crippen LogP contribution >= 0.6 is 0 Å². The zero-order chi connectivity index (χ0) is 16.8. The first-order valence-electron chi connectivity index (χ1n) is 7.74. The van der Waals surface area contributed by atoms with Gasteiger partial charge in [-0.15, -0.1) is 6.42 Å². The molecule has 1 heterocycles. The maximum atomic E-state index is 12.6. The quantitative estimate of drug-likeness (QED) is 0.865. The second kappa shape index (κ2) is 5.27. The van der Waals surface area contributed by atoms with Gasteiger partial charge in [-0.1, -0.05) is 31.9 Å². The number of nitrogens with one attached hydrogen (secondary N) is 1. The molecule has 1 N–H and O–H groups in total. The number of aryl methyl sites for hydroxylation is 2. The van der Waals surface area contributed by atoms with E-state index < -0.39 is 0 Å². The van der Waals surface area contributed by atoms with Gasteiger partial charge in [0.15, 0.2) is 0 Å². The van der Waals surface area contributed by atoms with Gasteiger partial charge in [0.25, 0.3) is 5.91 Å². The van der Waals surface area contributed by atoms with Crippen LogP contribution < -0.4 is 5.32 Å². The molecule has 1 aromatic heterocycles. The zero-order valence-electron chi connectivity index (χ0n) is 14.0. The fourth-order valence-electron chi connectivity index (χ4n) is 3.52. The van der Waals surface area contributed by atoms with Gasteiger partial charge < -0.3 is 5.32 Å². The Kier molecular flexibility index (Phi) is 3.52. The molecule has 0 aliphatic heterocycles. The summed E-state index contributed by atoms with van der Waals surface area (Å²) in [5, 5.41) is 7.25. The molecule has 0 spiro atoms. The minimum atomic E-state index is -0.149. The molecule has 1 aromatic carbocycles. The second-order valence-corrected chi connectivity index (χ2v) is 6.83. The Bertz CT molecular complexity index is 824. The molecule has 3 rings (SSSR count). The molecular formula is C19H21N3O. The lowest BCUT2D eigenvalue weighted by Gasteiger charge is -2.19. The van der Waals surface area contributed by atoms with Gasteiger partial charge in [0, 0.05) is 24.8 Å². The maximum Gasteiger partial charge on any atom is 0.259 e. The third-order valence-electron chi connectivity index (χ3n) is 4.61. The number of nitrogens with zero attached hydrogens (tertiary/aromatic N) is 2. The Labute approximate surface area is 136 Å². The highest BCUT2D eigenvalue weighted by atomic mass is 16.1. The van der Waals surface area contributed by atoms with Crippen molar-refractivity contribution < 1.29 is 4.79 Å². The lowest BCUT2D eigenvalue weighted by molar-refractivity contribution is 0.102. The van der Waals surface area contributed by atoms with Gasteiger partial charge in [-0.25, -0.2) is 0 Å². The number of aromatic nitrogens is 2. The molecule has 1 amide bonds. The van der Waals surface area contributed by atoms with Crippen molar-refractivity contribution >= 4 is 11.6 Å². The van der Waals surface area contributed by atoms with E-state index in [4.69, 9.17) is 6.42 Å². The molecule has 0 fully saturated rings. The number of rotatable bonds is 2. The fraction of sp³-hybridized carbons (Fsp3) is 0.368. The van der Waals surface area contributed by atoms with Crippen LogP contribution in [-0.4, -0.2) is 15.7 Å². The van der Waals surface area contributed by atoms with E-state index in [9.17, 15) is 4.79 Å². The van der Waals surface area contributed by atoms with E-state index in [0.717, 1.165) is 17.7 Å². The summed E-state index contributed by atoms with van der Waals surface area (Å²) in [6, 6.07) is 6.01. The Morgan fingerprint density at radius 1 is 1.48 bits per heavy atom. The molecule has 0 saturated carbocycles. The smallest absolute Gasteiger partial charge is 0.259 e. The predicted molar refractivity (Wildman–Crippen MR) is 91.6 cm³/mol. The Balaban J connectivity index is 2.00. The number of terminal acetylenes is 1. The molecule has 1 atom stereocenters. The molecule has 0 bridgehead atoms. The van der Waals surface area contributed by atoms with Crippen LogP contribution in [0.5, 0.6) is 0 Å². The highest BCUT2D eigenvalue weighted by molar-refractivity contribution is 6.05. The number of hydrogen-bond acceptors (Lipinski definition) is 2. The highest BCUT2D eigenvalue weighted by Crippen LogP contribution is 2.48. The summed E-state index contributed by atoms with van der Waals surface area (Å²) in [6.45, 7) is 6.22. The molecule has 4 nitrogen and oxygen atoms in total. The third-order valence-corrected chi connectivity index (χ3v) is 4.61. The number of anilines is 1. The summed E-state index contributed by atoms with van der Waals surface area (Å²) in [5.74, 6) is 2.76. The van der Waals surface area contributed by atoms with Crippen LogP contribution in [-0.2, 0) is 12.5 Å². The first-order valence-corrected chi connectivity index (χ1v) is 7.74. The molecule has 23 heavy (non-hydrogen) atoms. The lowest BCUT2D eigenvalue weighted by Crippen LogP contribution is -2.15. The van der Waals surface area contributed by atoms with E-state index in [0.29, 0.717) is 11.3 Å². The number of amides is 1. The first-order chi connectivity index (χ1) is 10.8. The van der Waals surface area contributed by atoms with E-state index >= 15 is 0 Å². The van der Waals surface area contributed by atoms with Crippen molar-refractivity contribution in [3.05, 3.63) is 46.8 Å². The van der Waals surface area contributed by atoms with E-state index in [1.165, 1.54) is 5.56 Å². The molecular weight excluding hydrogens is 286 g/mol. The summed E-state index contributed by atoms with van der Waals surface area (Å²) in [4.78, 5) is 12.6. The second-order valence-electron chi connectivity index (χ2n) is 6.83. The molecule has 0 saturated heterocycles. The lowest BCUT2D eigenvalue weighted by atomic mass is 9.86. The van der Waals surface area contributed by atoms with Crippen molar-refractivity contribution in [1.29, 1.82) is 0 Å². The number of benzene rings is 1.